The molecule has 0 aliphatic carbocycles. The summed E-state index contributed by atoms with van der Waals surface area (Å²) in [6, 6.07) is -1.17. The van der Waals surface area contributed by atoms with Gasteiger partial charge >= 0.3 is 5.97 Å². The Hall–Kier alpha value is -1.66. The minimum atomic E-state index is -2.52. The first-order chi connectivity index (χ1) is 9.19. The molecule has 1 aliphatic rings. The van der Waals surface area contributed by atoms with Gasteiger partial charge in [-0.25, -0.2) is 18.3 Å². The Labute approximate surface area is 116 Å². The molecule has 0 aromatic carbocycles. The minimum absolute atomic E-state index is 0.153. The molecule has 0 saturated heterocycles. The van der Waals surface area contributed by atoms with Crippen molar-refractivity contribution in [1.29, 1.82) is 0 Å². The molecular weight excluding hydrogens is 268 g/mol. The SMILES string of the molecule is C[C@@H]1C[C@H](C(F)F)n2ncc(C(=O)OC(C)(C)C)c2N1. The van der Waals surface area contributed by atoms with Crippen molar-refractivity contribution in [3.8, 4) is 0 Å². The zero-order valence-electron chi connectivity index (χ0n) is 12.0. The summed E-state index contributed by atoms with van der Waals surface area (Å²) in [5.74, 6) is -0.253. The Morgan fingerprint density at radius 3 is 2.75 bits per heavy atom. The molecule has 0 radical (unpaired) electrons. The second-order valence-corrected chi connectivity index (χ2v) is 6.04. The molecule has 1 aliphatic heterocycles. The largest absolute Gasteiger partial charge is 0.456 e. The lowest BCUT2D eigenvalue weighted by atomic mass is 10.1. The quantitative estimate of drug-likeness (QED) is 0.850. The van der Waals surface area contributed by atoms with Crippen LogP contribution in [-0.2, 0) is 4.74 Å². The van der Waals surface area contributed by atoms with Gasteiger partial charge in [-0.2, -0.15) is 5.10 Å². The van der Waals surface area contributed by atoms with Crippen molar-refractivity contribution in [2.24, 2.45) is 0 Å². The van der Waals surface area contributed by atoms with Crippen LogP contribution in [0.2, 0.25) is 0 Å². The second-order valence-electron chi connectivity index (χ2n) is 6.04. The molecule has 2 heterocycles. The lowest BCUT2D eigenvalue weighted by molar-refractivity contribution is 0.00694. The number of carbonyl (C=O) groups is 1. The lowest BCUT2D eigenvalue weighted by Gasteiger charge is -2.30. The first-order valence-electron chi connectivity index (χ1n) is 6.54. The van der Waals surface area contributed by atoms with Crippen LogP contribution in [0.15, 0.2) is 6.20 Å². The molecule has 5 nitrogen and oxygen atoms in total. The van der Waals surface area contributed by atoms with Crippen LogP contribution in [-0.4, -0.2) is 33.8 Å². The van der Waals surface area contributed by atoms with Crippen LogP contribution in [0.25, 0.3) is 0 Å². The highest BCUT2D eigenvalue weighted by atomic mass is 19.3. The van der Waals surface area contributed by atoms with Crippen LogP contribution in [0, 0.1) is 0 Å². The zero-order chi connectivity index (χ0) is 15.1. The Morgan fingerprint density at radius 2 is 2.20 bits per heavy atom. The number of esters is 1. The summed E-state index contributed by atoms with van der Waals surface area (Å²) in [4.78, 5) is 12.1. The first-order valence-corrected chi connectivity index (χ1v) is 6.54. The third kappa shape index (κ3) is 2.91. The standard InChI is InChI=1S/C13H19F2N3O2/c1-7-5-9(10(14)15)18-11(17-7)8(6-16-18)12(19)20-13(2,3)4/h6-7,9-10,17H,5H2,1-4H3/t7-,9-/m1/s1. The molecular formula is C13H19F2N3O2. The average Bonchev–Trinajstić information content (AvgIpc) is 2.68. The Balaban J connectivity index is 2.33. The van der Waals surface area contributed by atoms with Gasteiger partial charge in [0.25, 0.3) is 6.43 Å². The van der Waals surface area contributed by atoms with Crippen LogP contribution in [0.1, 0.15) is 50.5 Å². The normalized spacial score (nSPS) is 22.4. The van der Waals surface area contributed by atoms with Gasteiger partial charge in [0.15, 0.2) is 0 Å². The maximum atomic E-state index is 13.0. The number of ether oxygens (including phenoxy) is 1. The smallest absolute Gasteiger partial charge is 0.344 e. The first kappa shape index (κ1) is 14.7. The van der Waals surface area contributed by atoms with Gasteiger partial charge in [-0.1, -0.05) is 0 Å². The van der Waals surface area contributed by atoms with E-state index < -0.39 is 24.0 Å². The van der Waals surface area contributed by atoms with Crippen molar-refractivity contribution >= 4 is 11.8 Å². The fourth-order valence-electron chi connectivity index (χ4n) is 2.20. The molecule has 7 heteroatoms. The molecule has 2 atom stereocenters. The van der Waals surface area contributed by atoms with E-state index in [1.807, 2.05) is 0 Å². The van der Waals surface area contributed by atoms with Gasteiger partial charge in [-0.3, -0.25) is 0 Å². The van der Waals surface area contributed by atoms with Gasteiger partial charge in [0.1, 0.15) is 23.0 Å². The molecule has 0 spiro atoms. The number of nitrogens with one attached hydrogen (secondary N) is 1. The van der Waals surface area contributed by atoms with E-state index in [1.54, 1.807) is 27.7 Å². The van der Waals surface area contributed by atoms with Gasteiger partial charge in [0.05, 0.1) is 6.20 Å². The van der Waals surface area contributed by atoms with E-state index in [2.05, 4.69) is 10.4 Å². The van der Waals surface area contributed by atoms with E-state index in [0.717, 1.165) is 0 Å². The number of fused-ring (bicyclic) bond motifs is 1. The van der Waals surface area contributed by atoms with Gasteiger partial charge < -0.3 is 10.1 Å². The van der Waals surface area contributed by atoms with Crippen molar-refractivity contribution in [1.82, 2.24) is 9.78 Å². The van der Waals surface area contributed by atoms with E-state index in [1.165, 1.54) is 10.9 Å². The molecule has 0 unspecified atom stereocenters. The molecule has 0 amide bonds. The summed E-state index contributed by atoms with van der Waals surface area (Å²) in [6.07, 6.45) is -0.978. The Bertz CT molecular complexity index is 508. The third-order valence-corrected chi connectivity index (χ3v) is 3.00. The fraction of sp³-hybridized carbons (Fsp3) is 0.692. The number of anilines is 1. The van der Waals surface area contributed by atoms with Crippen molar-refractivity contribution in [2.45, 2.75) is 58.2 Å². The molecule has 0 bridgehead atoms. The molecule has 1 aromatic heterocycles. The number of hydrogen-bond acceptors (Lipinski definition) is 4. The summed E-state index contributed by atoms with van der Waals surface area (Å²) in [5, 5.41) is 6.94. The number of rotatable bonds is 2. The maximum Gasteiger partial charge on any atom is 0.344 e. The molecule has 0 saturated carbocycles. The summed E-state index contributed by atoms with van der Waals surface area (Å²) < 4.78 is 32.5. The number of nitrogens with zero attached hydrogens (tertiary/aromatic N) is 2. The summed E-state index contributed by atoms with van der Waals surface area (Å²) in [6.45, 7) is 7.04. The molecule has 20 heavy (non-hydrogen) atoms. The van der Waals surface area contributed by atoms with Crippen molar-refractivity contribution in [3.63, 3.8) is 0 Å². The summed E-state index contributed by atoms with van der Waals surface area (Å²) >= 11 is 0. The molecule has 1 N–H and O–H groups in total. The molecule has 112 valence electrons. The highest BCUT2D eigenvalue weighted by Crippen LogP contribution is 2.33. The predicted octanol–water partition coefficient (Wildman–Crippen LogP) is 2.85. The second kappa shape index (κ2) is 5.03. The maximum absolute atomic E-state index is 13.0. The van der Waals surface area contributed by atoms with Gasteiger partial charge in [0, 0.05) is 6.04 Å². The van der Waals surface area contributed by atoms with E-state index in [4.69, 9.17) is 4.74 Å². The molecule has 1 aromatic rings. The van der Waals surface area contributed by atoms with Crippen molar-refractivity contribution < 1.29 is 18.3 Å². The predicted molar refractivity (Wildman–Crippen MR) is 70.1 cm³/mol. The van der Waals surface area contributed by atoms with Crippen LogP contribution in [0.3, 0.4) is 0 Å². The fourth-order valence-corrected chi connectivity index (χ4v) is 2.20. The minimum Gasteiger partial charge on any atom is -0.456 e. The van der Waals surface area contributed by atoms with Crippen molar-refractivity contribution in [3.05, 3.63) is 11.8 Å². The number of carbonyl (C=O) groups excluding carboxylic acids is 1. The Morgan fingerprint density at radius 1 is 1.55 bits per heavy atom. The van der Waals surface area contributed by atoms with Gasteiger partial charge in [-0.15, -0.1) is 0 Å². The topological polar surface area (TPSA) is 56.2 Å². The third-order valence-electron chi connectivity index (χ3n) is 3.00. The summed E-state index contributed by atoms with van der Waals surface area (Å²) in [5.41, 5.74) is -0.453. The monoisotopic (exact) mass is 287 g/mol. The van der Waals surface area contributed by atoms with Gasteiger partial charge in [0.2, 0.25) is 0 Å². The molecule has 2 rings (SSSR count). The number of alkyl halides is 2. The number of aromatic nitrogens is 2. The van der Waals surface area contributed by atoms with E-state index >= 15 is 0 Å². The number of halogens is 2. The van der Waals surface area contributed by atoms with Crippen LogP contribution < -0.4 is 5.32 Å². The summed E-state index contributed by atoms with van der Waals surface area (Å²) in [7, 11) is 0. The highest BCUT2D eigenvalue weighted by Gasteiger charge is 2.35. The van der Waals surface area contributed by atoms with Gasteiger partial charge in [-0.05, 0) is 34.1 Å². The molecule has 0 fully saturated rings. The van der Waals surface area contributed by atoms with E-state index in [-0.39, 0.29) is 18.0 Å². The van der Waals surface area contributed by atoms with Crippen LogP contribution in [0.4, 0.5) is 14.6 Å². The highest BCUT2D eigenvalue weighted by molar-refractivity contribution is 5.95. The Kier molecular flexibility index (Phi) is 3.71. The lowest BCUT2D eigenvalue weighted by Crippen LogP contribution is -2.34. The van der Waals surface area contributed by atoms with E-state index in [0.29, 0.717) is 5.82 Å². The average molecular weight is 287 g/mol. The van der Waals surface area contributed by atoms with Crippen LogP contribution in [0.5, 0.6) is 0 Å². The van der Waals surface area contributed by atoms with Crippen LogP contribution >= 0.6 is 0 Å². The van der Waals surface area contributed by atoms with Crippen molar-refractivity contribution in [2.75, 3.05) is 5.32 Å². The van der Waals surface area contributed by atoms with E-state index in [9.17, 15) is 13.6 Å². The zero-order valence-corrected chi connectivity index (χ0v) is 12.0. The number of hydrogen-bond donors (Lipinski definition) is 1.